The van der Waals surface area contributed by atoms with Crippen LogP contribution in [0.1, 0.15) is 18.5 Å². The zero-order valence-electron chi connectivity index (χ0n) is 10.1. The van der Waals surface area contributed by atoms with Gasteiger partial charge in [-0.1, -0.05) is 29.8 Å². The molecule has 0 saturated heterocycles. The van der Waals surface area contributed by atoms with E-state index in [-0.39, 0.29) is 24.5 Å². The van der Waals surface area contributed by atoms with Crippen LogP contribution >= 0.6 is 11.6 Å². The summed E-state index contributed by atoms with van der Waals surface area (Å²) in [4.78, 5) is 12.8. The predicted octanol–water partition coefficient (Wildman–Crippen LogP) is 1.15. The second kappa shape index (κ2) is 6.00. The van der Waals surface area contributed by atoms with Crippen LogP contribution in [-0.4, -0.2) is 30.4 Å². The number of carbonyl (C=O) groups excluding carboxylic acids is 1. The summed E-state index contributed by atoms with van der Waals surface area (Å²) in [6.45, 7) is 2.03. The van der Waals surface area contributed by atoms with Crippen LogP contribution in [0.25, 0.3) is 0 Å². The van der Waals surface area contributed by atoms with Crippen molar-refractivity contribution in [1.82, 2.24) is 4.90 Å². The fourth-order valence-corrected chi connectivity index (χ4v) is 2.23. The molecule has 0 spiro atoms. The van der Waals surface area contributed by atoms with Gasteiger partial charge in [0, 0.05) is 11.1 Å². The van der Waals surface area contributed by atoms with Gasteiger partial charge in [0.15, 0.2) is 0 Å². The van der Waals surface area contributed by atoms with Crippen LogP contribution in [0, 0.1) is 0 Å². The number of hydrogen-bond donors (Lipinski definition) is 2. The van der Waals surface area contributed by atoms with E-state index >= 15 is 0 Å². The summed E-state index contributed by atoms with van der Waals surface area (Å²) < 4.78 is 0. The molecule has 0 aromatic heterocycles. The summed E-state index contributed by atoms with van der Waals surface area (Å²) in [5.74, 6) is -0.384. The molecule has 17 heavy (non-hydrogen) atoms. The van der Waals surface area contributed by atoms with E-state index in [1.165, 1.54) is 0 Å². The van der Waals surface area contributed by atoms with Gasteiger partial charge in [-0.25, -0.2) is 0 Å². The number of nitrogens with two attached hydrogens (primary N) is 2. The smallest absolute Gasteiger partial charge is 0.231 e. The highest BCUT2D eigenvalue weighted by molar-refractivity contribution is 6.31. The number of halogens is 1. The molecule has 2 atom stereocenters. The number of hydrogen-bond acceptors (Lipinski definition) is 3. The maximum absolute atomic E-state index is 11.0. The zero-order chi connectivity index (χ0) is 13.0. The first-order valence-electron chi connectivity index (χ1n) is 5.42. The van der Waals surface area contributed by atoms with Crippen molar-refractivity contribution in [2.24, 2.45) is 11.5 Å². The fourth-order valence-electron chi connectivity index (χ4n) is 1.98. The number of nitrogens with zero attached hydrogens (tertiary/aromatic N) is 1. The van der Waals surface area contributed by atoms with Crippen molar-refractivity contribution in [3.8, 4) is 0 Å². The highest BCUT2D eigenvalue weighted by atomic mass is 35.5. The molecule has 1 rings (SSSR count). The molecule has 0 aliphatic carbocycles. The minimum atomic E-state index is -0.384. The molecular weight excluding hydrogens is 238 g/mol. The van der Waals surface area contributed by atoms with Gasteiger partial charge in [-0.15, -0.1) is 0 Å². The Kier molecular flexibility index (Phi) is 4.93. The molecule has 0 saturated carbocycles. The topological polar surface area (TPSA) is 72.3 Å². The number of amides is 1. The molecule has 0 aliphatic heterocycles. The third kappa shape index (κ3) is 3.70. The van der Waals surface area contributed by atoms with Gasteiger partial charge in [-0.2, -0.15) is 0 Å². The molecule has 94 valence electrons. The first-order chi connectivity index (χ1) is 7.93. The van der Waals surface area contributed by atoms with Crippen molar-refractivity contribution in [1.29, 1.82) is 0 Å². The monoisotopic (exact) mass is 255 g/mol. The zero-order valence-corrected chi connectivity index (χ0v) is 10.8. The number of rotatable bonds is 5. The van der Waals surface area contributed by atoms with Gasteiger partial charge in [0.2, 0.25) is 5.91 Å². The van der Waals surface area contributed by atoms with Gasteiger partial charge < -0.3 is 11.5 Å². The largest absolute Gasteiger partial charge is 0.369 e. The second-order valence-electron chi connectivity index (χ2n) is 4.21. The number of benzene rings is 1. The van der Waals surface area contributed by atoms with E-state index in [9.17, 15) is 4.79 Å². The molecule has 1 aromatic rings. The predicted molar refractivity (Wildman–Crippen MR) is 69.7 cm³/mol. The summed E-state index contributed by atoms with van der Waals surface area (Å²) in [5, 5.41) is 0.645. The summed E-state index contributed by atoms with van der Waals surface area (Å²) in [6, 6.07) is 7.20. The molecule has 4 nitrogen and oxygen atoms in total. The molecule has 0 radical (unpaired) electrons. The maximum Gasteiger partial charge on any atom is 0.231 e. The van der Waals surface area contributed by atoms with E-state index < -0.39 is 0 Å². The van der Waals surface area contributed by atoms with E-state index in [1.54, 1.807) is 0 Å². The first-order valence-corrected chi connectivity index (χ1v) is 5.79. The summed E-state index contributed by atoms with van der Waals surface area (Å²) >= 11 is 6.15. The maximum atomic E-state index is 11.0. The van der Waals surface area contributed by atoms with Crippen molar-refractivity contribution in [3.63, 3.8) is 0 Å². The van der Waals surface area contributed by atoms with E-state index in [2.05, 4.69) is 0 Å². The van der Waals surface area contributed by atoms with Crippen LogP contribution in [0.5, 0.6) is 0 Å². The molecule has 4 N–H and O–H groups in total. The number of primary amides is 1. The molecule has 0 bridgehead atoms. The fraction of sp³-hybridized carbons (Fsp3) is 0.417. The quantitative estimate of drug-likeness (QED) is 0.829. The van der Waals surface area contributed by atoms with E-state index in [0.717, 1.165) is 5.56 Å². The number of carbonyl (C=O) groups is 1. The van der Waals surface area contributed by atoms with Crippen molar-refractivity contribution in [2.75, 3.05) is 13.6 Å². The second-order valence-corrected chi connectivity index (χ2v) is 4.61. The van der Waals surface area contributed by atoms with Crippen LogP contribution in [0.2, 0.25) is 5.02 Å². The molecular formula is C12H18ClN3O. The van der Waals surface area contributed by atoms with Gasteiger partial charge in [-0.3, -0.25) is 9.69 Å². The lowest BCUT2D eigenvalue weighted by atomic mass is 9.99. The Morgan fingerprint density at radius 2 is 2.06 bits per heavy atom. The van der Waals surface area contributed by atoms with E-state index in [0.29, 0.717) is 5.02 Å². The molecule has 1 amide bonds. The van der Waals surface area contributed by atoms with Gasteiger partial charge in [-0.05, 0) is 25.6 Å². The number of likely N-dealkylation sites (N-methyl/N-ethyl adjacent to an activating group) is 1. The molecule has 0 aliphatic rings. The first kappa shape index (κ1) is 14.0. The normalized spacial score (nSPS) is 14.6. The van der Waals surface area contributed by atoms with Crippen LogP contribution < -0.4 is 11.5 Å². The standard InChI is InChI=1S/C12H18ClN3O/c1-8(14)12(16(2)7-11(15)17)9-5-3-4-6-10(9)13/h3-6,8,12H,7,14H2,1-2H3,(H2,15,17). The van der Waals surface area contributed by atoms with Crippen molar-refractivity contribution < 1.29 is 4.79 Å². The lowest BCUT2D eigenvalue weighted by Crippen LogP contribution is -2.41. The Morgan fingerprint density at radius 1 is 1.47 bits per heavy atom. The summed E-state index contributed by atoms with van der Waals surface area (Å²) in [6.07, 6.45) is 0. The van der Waals surface area contributed by atoms with Crippen LogP contribution in [0.3, 0.4) is 0 Å². The highest BCUT2D eigenvalue weighted by Gasteiger charge is 2.23. The Balaban J connectivity index is 3.01. The third-order valence-electron chi connectivity index (χ3n) is 2.60. The Bertz CT molecular complexity index is 395. The van der Waals surface area contributed by atoms with Crippen molar-refractivity contribution in [3.05, 3.63) is 34.9 Å². The molecule has 2 unspecified atom stereocenters. The minimum Gasteiger partial charge on any atom is -0.369 e. The molecule has 0 fully saturated rings. The lowest BCUT2D eigenvalue weighted by molar-refractivity contribution is -0.119. The Hall–Kier alpha value is -1.10. The van der Waals surface area contributed by atoms with Gasteiger partial charge in [0.05, 0.1) is 12.6 Å². The highest BCUT2D eigenvalue weighted by Crippen LogP contribution is 2.28. The van der Waals surface area contributed by atoms with Crippen molar-refractivity contribution >= 4 is 17.5 Å². The van der Waals surface area contributed by atoms with E-state index in [4.69, 9.17) is 23.1 Å². The average molecular weight is 256 g/mol. The molecule has 0 heterocycles. The third-order valence-corrected chi connectivity index (χ3v) is 2.95. The van der Waals surface area contributed by atoms with Crippen molar-refractivity contribution in [2.45, 2.75) is 19.0 Å². The SMILES string of the molecule is CC(N)C(c1ccccc1Cl)N(C)CC(N)=O. The Morgan fingerprint density at radius 3 is 2.53 bits per heavy atom. The average Bonchev–Trinajstić information content (AvgIpc) is 2.19. The molecule has 1 aromatic carbocycles. The van der Waals surface area contributed by atoms with Gasteiger partial charge in [0.25, 0.3) is 0 Å². The van der Waals surface area contributed by atoms with Gasteiger partial charge in [0.1, 0.15) is 0 Å². The lowest BCUT2D eigenvalue weighted by Gasteiger charge is -2.31. The van der Waals surface area contributed by atoms with Crippen LogP contribution in [0.15, 0.2) is 24.3 Å². The Labute approximate surface area is 107 Å². The molecule has 5 heteroatoms. The van der Waals surface area contributed by atoms with Crippen LogP contribution in [-0.2, 0) is 4.79 Å². The summed E-state index contributed by atoms with van der Waals surface area (Å²) in [7, 11) is 1.81. The van der Waals surface area contributed by atoms with E-state index in [1.807, 2.05) is 43.1 Å². The van der Waals surface area contributed by atoms with Gasteiger partial charge >= 0.3 is 0 Å². The minimum absolute atomic E-state index is 0.129. The summed E-state index contributed by atoms with van der Waals surface area (Å²) in [5.41, 5.74) is 12.1. The van der Waals surface area contributed by atoms with Crippen LogP contribution in [0.4, 0.5) is 0 Å².